The zero-order chi connectivity index (χ0) is 12.8. The molecule has 0 radical (unpaired) electrons. The molecule has 1 atom stereocenters. The molecule has 1 aliphatic carbocycles. The Bertz CT molecular complexity index is 312. The zero-order valence-electron chi connectivity index (χ0n) is 10.9. The van der Waals surface area contributed by atoms with Gasteiger partial charge in [-0.3, -0.25) is 0 Å². The first kappa shape index (κ1) is 13.2. The Labute approximate surface area is 109 Å². The van der Waals surface area contributed by atoms with Crippen molar-refractivity contribution in [2.75, 3.05) is 19.7 Å². The number of carbonyl (C=O) groups excluding carboxylic acids is 1. The van der Waals surface area contributed by atoms with Gasteiger partial charge in [0.1, 0.15) is 0 Å². The maximum Gasteiger partial charge on any atom is 0.318 e. The normalized spacial score (nSPS) is 23.8. The largest absolute Gasteiger partial charge is 0.376 e. The van der Waals surface area contributed by atoms with Crippen molar-refractivity contribution in [3.63, 3.8) is 0 Å². The third kappa shape index (κ3) is 3.39. The molecule has 1 N–H and O–H groups in total. The summed E-state index contributed by atoms with van der Waals surface area (Å²) in [6.07, 6.45) is 12.2. The average Bonchev–Trinajstić information content (AvgIpc) is 3.05. The molecule has 2 fully saturated rings. The van der Waals surface area contributed by atoms with Crippen LogP contribution in [0.25, 0.3) is 0 Å². The minimum atomic E-state index is -0.0321. The van der Waals surface area contributed by atoms with Gasteiger partial charge in [0.05, 0.1) is 12.6 Å². The van der Waals surface area contributed by atoms with Gasteiger partial charge in [-0.25, -0.2) is 4.79 Å². The van der Waals surface area contributed by atoms with Crippen LogP contribution < -0.4 is 5.32 Å². The first-order valence-electron chi connectivity index (χ1n) is 6.91. The van der Waals surface area contributed by atoms with Crippen LogP contribution in [0.2, 0.25) is 0 Å². The first-order valence-corrected chi connectivity index (χ1v) is 6.91. The summed E-state index contributed by atoms with van der Waals surface area (Å²) < 4.78 is 5.64. The van der Waals surface area contributed by atoms with Crippen LogP contribution in [0.4, 0.5) is 4.79 Å². The minimum Gasteiger partial charge on any atom is -0.376 e. The van der Waals surface area contributed by atoms with E-state index in [-0.39, 0.29) is 12.1 Å². The molecule has 18 heavy (non-hydrogen) atoms. The van der Waals surface area contributed by atoms with E-state index in [9.17, 15) is 4.79 Å². The van der Waals surface area contributed by atoms with Crippen LogP contribution in [0.3, 0.4) is 0 Å². The summed E-state index contributed by atoms with van der Waals surface area (Å²) in [5.74, 6) is 2.45. The Hall–Kier alpha value is -1.21. The number of rotatable bonds is 4. The summed E-state index contributed by atoms with van der Waals surface area (Å²) in [5, 5.41) is 2.78. The van der Waals surface area contributed by atoms with E-state index in [0.29, 0.717) is 19.1 Å². The van der Waals surface area contributed by atoms with Crippen molar-refractivity contribution in [3.8, 4) is 12.3 Å². The summed E-state index contributed by atoms with van der Waals surface area (Å²) in [7, 11) is 0. The third-order valence-electron chi connectivity index (χ3n) is 3.79. The lowest BCUT2D eigenvalue weighted by atomic mass is 10.1. The van der Waals surface area contributed by atoms with Crippen LogP contribution in [0.5, 0.6) is 0 Å². The van der Waals surface area contributed by atoms with E-state index in [1.807, 2.05) is 4.90 Å². The van der Waals surface area contributed by atoms with E-state index >= 15 is 0 Å². The Kier molecular flexibility index (Phi) is 4.89. The van der Waals surface area contributed by atoms with Crippen molar-refractivity contribution in [2.24, 2.45) is 0 Å². The second-order valence-electron chi connectivity index (χ2n) is 5.09. The second-order valence-corrected chi connectivity index (χ2v) is 5.09. The maximum atomic E-state index is 12.1. The molecule has 1 unspecified atom stereocenters. The number of ether oxygens (including phenoxy) is 1. The van der Waals surface area contributed by atoms with Gasteiger partial charge in [0.15, 0.2) is 0 Å². The number of nitrogens with zero attached hydrogens (tertiary/aromatic N) is 1. The van der Waals surface area contributed by atoms with E-state index in [2.05, 4.69) is 11.2 Å². The topological polar surface area (TPSA) is 41.6 Å². The van der Waals surface area contributed by atoms with E-state index in [0.717, 1.165) is 32.3 Å². The number of terminal acetylenes is 1. The highest BCUT2D eigenvalue weighted by Crippen LogP contribution is 2.25. The Morgan fingerprint density at radius 1 is 1.33 bits per heavy atom. The number of nitrogens with one attached hydrogen (secondary N) is 1. The molecule has 0 spiro atoms. The Morgan fingerprint density at radius 3 is 2.72 bits per heavy atom. The first-order chi connectivity index (χ1) is 8.81. The molecule has 2 aliphatic rings. The van der Waals surface area contributed by atoms with Crippen molar-refractivity contribution in [3.05, 3.63) is 0 Å². The second kappa shape index (κ2) is 6.65. The molecule has 4 heteroatoms. The van der Waals surface area contributed by atoms with Gasteiger partial charge in [0.2, 0.25) is 0 Å². The molecule has 1 aliphatic heterocycles. The predicted molar refractivity (Wildman–Crippen MR) is 70.2 cm³/mol. The molecule has 0 bridgehead atoms. The Morgan fingerprint density at radius 2 is 2.11 bits per heavy atom. The molecule has 4 nitrogen and oxygen atoms in total. The van der Waals surface area contributed by atoms with E-state index < -0.39 is 0 Å². The fraction of sp³-hybridized carbons (Fsp3) is 0.786. The number of urea groups is 1. The number of hydrogen-bond donors (Lipinski definition) is 1. The molecule has 2 rings (SSSR count). The van der Waals surface area contributed by atoms with Gasteiger partial charge in [-0.2, -0.15) is 0 Å². The molecular formula is C14H22N2O2. The molecule has 1 saturated carbocycles. The molecule has 1 heterocycles. The maximum absolute atomic E-state index is 12.1. The van der Waals surface area contributed by atoms with E-state index in [1.165, 1.54) is 12.8 Å². The fourth-order valence-electron chi connectivity index (χ4n) is 2.85. The van der Waals surface area contributed by atoms with Crippen LogP contribution in [0, 0.1) is 12.3 Å². The van der Waals surface area contributed by atoms with Gasteiger partial charge in [-0.05, 0) is 25.7 Å². The summed E-state index contributed by atoms with van der Waals surface area (Å²) in [6, 6.07) is 0.335. The highest BCUT2D eigenvalue weighted by Gasteiger charge is 2.29. The van der Waals surface area contributed by atoms with Crippen molar-refractivity contribution in [1.82, 2.24) is 10.2 Å². The summed E-state index contributed by atoms with van der Waals surface area (Å²) in [5.41, 5.74) is 0. The van der Waals surface area contributed by atoms with Gasteiger partial charge < -0.3 is 15.0 Å². The van der Waals surface area contributed by atoms with E-state index in [1.54, 1.807) is 0 Å². The molecule has 2 amide bonds. The number of amides is 2. The van der Waals surface area contributed by atoms with Gasteiger partial charge in [-0.1, -0.05) is 18.8 Å². The van der Waals surface area contributed by atoms with Crippen LogP contribution >= 0.6 is 0 Å². The van der Waals surface area contributed by atoms with Crippen molar-refractivity contribution in [1.29, 1.82) is 0 Å². The van der Waals surface area contributed by atoms with Crippen LogP contribution in [0.1, 0.15) is 38.5 Å². The molecule has 1 saturated heterocycles. The summed E-state index contributed by atoms with van der Waals surface area (Å²) in [4.78, 5) is 14.1. The number of hydrogen-bond acceptors (Lipinski definition) is 2. The van der Waals surface area contributed by atoms with Gasteiger partial charge in [0, 0.05) is 19.2 Å². The average molecular weight is 250 g/mol. The quantitative estimate of drug-likeness (QED) is 0.772. The standard InChI is InChI=1S/C14H22N2O2/c1-2-9-15-14(17)16(12-6-3-4-7-12)11-13-8-5-10-18-13/h1,12-13H,3-11H2,(H,15,17). The molecular weight excluding hydrogens is 228 g/mol. The lowest BCUT2D eigenvalue weighted by Gasteiger charge is -2.30. The Balaban J connectivity index is 1.92. The van der Waals surface area contributed by atoms with Crippen LogP contribution in [-0.2, 0) is 4.74 Å². The molecule has 100 valence electrons. The van der Waals surface area contributed by atoms with Gasteiger partial charge in [0.25, 0.3) is 0 Å². The third-order valence-corrected chi connectivity index (χ3v) is 3.79. The highest BCUT2D eigenvalue weighted by molar-refractivity contribution is 5.74. The van der Waals surface area contributed by atoms with Crippen LogP contribution in [0.15, 0.2) is 0 Å². The molecule has 0 aromatic carbocycles. The van der Waals surface area contributed by atoms with Crippen LogP contribution in [-0.4, -0.2) is 42.8 Å². The van der Waals surface area contributed by atoms with Gasteiger partial charge >= 0.3 is 6.03 Å². The smallest absolute Gasteiger partial charge is 0.318 e. The lowest BCUT2D eigenvalue weighted by Crippen LogP contribution is -2.48. The number of carbonyl (C=O) groups is 1. The zero-order valence-corrected chi connectivity index (χ0v) is 10.9. The molecule has 0 aromatic heterocycles. The monoisotopic (exact) mass is 250 g/mol. The predicted octanol–water partition coefficient (Wildman–Crippen LogP) is 1.75. The lowest BCUT2D eigenvalue weighted by molar-refractivity contribution is 0.0702. The summed E-state index contributed by atoms with van der Waals surface area (Å²) in [6.45, 7) is 1.84. The van der Waals surface area contributed by atoms with Crippen molar-refractivity contribution < 1.29 is 9.53 Å². The SMILES string of the molecule is C#CCNC(=O)N(CC1CCCO1)C1CCCC1. The van der Waals surface area contributed by atoms with Crippen molar-refractivity contribution >= 4 is 6.03 Å². The van der Waals surface area contributed by atoms with Gasteiger partial charge in [-0.15, -0.1) is 6.42 Å². The minimum absolute atomic E-state index is 0.0321. The summed E-state index contributed by atoms with van der Waals surface area (Å²) >= 11 is 0. The molecule has 0 aromatic rings. The fourth-order valence-corrected chi connectivity index (χ4v) is 2.85. The van der Waals surface area contributed by atoms with E-state index in [4.69, 9.17) is 11.2 Å². The highest BCUT2D eigenvalue weighted by atomic mass is 16.5. The van der Waals surface area contributed by atoms with Crippen molar-refractivity contribution in [2.45, 2.75) is 50.7 Å².